The van der Waals surface area contributed by atoms with Crippen LogP contribution in [0.4, 0.5) is 11.4 Å². The molecule has 0 amide bonds. The van der Waals surface area contributed by atoms with Gasteiger partial charge in [-0.15, -0.1) is 5.11 Å². The Morgan fingerprint density at radius 2 is 1.55 bits per heavy atom. The Morgan fingerprint density at radius 1 is 0.950 bits per heavy atom. The molecular weight excluding hydrogens is 282 g/mol. The smallest absolute Gasteiger partial charge is 0.258 e. The van der Waals surface area contributed by atoms with Crippen LogP contribution in [0.2, 0.25) is 0 Å². The van der Waals surface area contributed by atoms with Gasteiger partial charge in [0.15, 0.2) is 4.90 Å². The Bertz CT molecular complexity index is 757. The average Bonchev–Trinajstić information content (AvgIpc) is 2.46. The Kier molecular flexibility index (Phi) is 3.85. The summed E-state index contributed by atoms with van der Waals surface area (Å²) in [5, 5.41) is 14.4. The van der Waals surface area contributed by atoms with Gasteiger partial charge in [-0.1, -0.05) is 34.9 Å². The molecule has 7 nitrogen and oxygen atoms in total. The van der Waals surface area contributed by atoms with E-state index in [1.165, 1.54) is 12.1 Å². The van der Waals surface area contributed by atoms with E-state index in [0.717, 1.165) is 12.1 Å². The number of hydrogen-bond acceptors (Lipinski definition) is 5. The van der Waals surface area contributed by atoms with Crippen molar-refractivity contribution in [2.45, 2.75) is 4.90 Å². The lowest BCUT2D eigenvalue weighted by Crippen LogP contribution is -2.01. The van der Waals surface area contributed by atoms with Crippen LogP contribution in [0, 0.1) is 10.1 Å². The summed E-state index contributed by atoms with van der Waals surface area (Å²) in [7, 11) is -4.22. The second-order valence-corrected chi connectivity index (χ2v) is 5.27. The van der Waals surface area contributed by atoms with Crippen molar-refractivity contribution in [3.63, 3.8) is 0 Å². The van der Waals surface area contributed by atoms with Gasteiger partial charge < -0.3 is 0 Å². The van der Waals surface area contributed by atoms with Crippen molar-refractivity contribution in [3.8, 4) is 0 Å². The number of nitro groups is 1. The normalized spacial score (nSPS) is 11.6. The summed E-state index contributed by atoms with van der Waals surface area (Å²) in [6.07, 6.45) is 0. The molecule has 102 valence electrons. The van der Waals surface area contributed by atoms with Crippen molar-refractivity contribution in [1.82, 2.24) is 0 Å². The molecule has 0 aromatic heterocycles. The summed E-state index contributed by atoms with van der Waals surface area (Å²) in [5.41, 5.74) is -0.186. The third kappa shape index (κ3) is 3.04. The number of hydrogen-bond donors (Lipinski definition) is 0. The molecule has 0 saturated heterocycles. The van der Waals surface area contributed by atoms with Crippen LogP contribution in [0.5, 0.6) is 0 Å². The van der Waals surface area contributed by atoms with Gasteiger partial charge in [0.1, 0.15) is 0 Å². The molecule has 0 aliphatic rings. The van der Waals surface area contributed by atoms with Crippen molar-refractivity contribution in [1.29, 1.82) is 0 Å². The molecule has 0 fully saturated rings. The molecular formula is C12H9N3O4S. The van der Waals surface area contributed by atoms with Crippen LogP contribution in [0.3, 0.4) is 0 Å². The molecule has 2 aromatic carbocycles. The number of nitro benzene ring substituents is 1. The maximum Gasteiger partial charge on any atom is 0.306 e. The van der Waals surface area contributed by atoms with Crippen molar-refractivity contribution < 1.29 is 13.3 Å². The molecule has 0 aliphatic carbocycles. The van der Waals surface area contributed by atoms with Gasteiger partial charge in [-0.2, -0.15) is 8.42 Å². The molecule has 0 spiro atoms. The third-order valence-corrected chi connectivity index (χ3v) is 3.56. The van der Waals surface area contributed by atoms with Crippen LogP contribution in [0.1, 0.15) is 0 Å². The summed E-state index contributed by atoms with van der Waals surface area (Å²) in [6, 6.07) is 13.2. The quantitative estimate of drug-likeness (QED) is 0.490. The maximum absolute atomic E-state index is 12.0. The minimum absolute atomic E-state index is 0.342. The molecule has 0 N–H and O–H groups in total. The summed E-state index contributed by atoms with van der Waals surface area (Å²) >= 11 is 0. The lowest BCUT2D eigenvalue weighted by molar-refractivity contribution is -0.387. The summed E-state index contributed by atoms with van der Waals surface area (Å²) in [6.45, 7) is 0. The van der Waals surface area contributed by atoms with Crippen molar-refractivity contribution in [3.05, 3.63) is 64.7 Å². The largest absolute Gasteiger partial charge is 0.306 e. The van der Waals surface area contributed by atoms with Gasteiger partial charge in [0.05, 0.1) is 10.6 Å². The molecule has 2 rings (SSSR count). The number of rotatable bonds is 4. The Labute approximate surface area is 114 Å². The van der Waals surface area contributed by atoms with Crippen LogP contribution >= 0.6 is 0 Å². The topological polar surface area (TPSA) is 102 Å². The van der Waals surface area contributed by atoms with E-state index >= 15 is 0 Å². The van der Waals surface area contributed by atoms with E-state index in [9.17, 15) is 18.5 Å². The number of sulfonamides is 1. The standard InChI is InChI=1S/C12H9N3O4S/c16-15(17)11-8-4-5-9-12(11)20(18,19)14-13-10-6-2-1-3-7-10/h1-9H. The maximum atomic E-state index is 12.0. The monoisotopic (exact) mass is 291 g/mol. The zero-order chi connectivity index (χ0) is 14.6. The average molecular weight is 291 g/mol. The fourth-order valence-corrected chi connectivity index (χ4v) is 2.41. The SMILES string of the molecule is O=[N+]([O-])c1ccccc1S(=O)(=O)N=Nc1ccccc1. The summed E-state index contributed by atoms with van der Waals surface area (Å²) < 4.78 is 27.2. The van der Waals surface area contributed by atoms with Crippen LogP contribution in [-0.2, 0) is 10.0 Å². The predicted octanol–water partition coefficient (Wildman–Crippen LogP) is 3.07. The number of benzene rings is 2. The molecule has 0 saturated carbocycles. The van der Waals surface area contributed by atoms with Crippen molar-refractivity contribution in [2.24, 2.45) is 9.63 Å². The third-order valence-electron chi connectivity index (χ3n) is 2.36. The van der Waals surface area contributed by atoms with Gasteiger partial charge in [0, 0.05) is 6.07 Å². The Hall–Kier alpha value is -2.61. The van der Waals surface area contributed by atoms with E-state index in [-0.39, 0.29) is 0 Å². The first-order valence-corrected chi connectivity index (χ1v) is 6.91. The van der Waals surface area contributed by atoms with Gasteiger partial charge in [0.2, 0.25) is 0 Å². The van der Waals surface area contributed by atoms with Gasteiger partial charge >= 0.3 is 10.0 Å². The summed E-state index contributed by atoms with van der Waals surface area (Å²) in [4.78, 5) is 9.56. The molecule has 0 radical (unpaired) electrons. The van der Waals surface area contributed by atoms with E-state index in [2.05, 4.69) is 9.63 Å². The Balaban J connectivity index is 2.42. The van der Waals surface area contributed by atoms with Crippen LogP contribution in [-0.4, -0.2) is 13.3 Å². The van der Waals surface area contributed by atoms with Gasteiger partial charge in [-0.05, 0) is 18.2 Å². The molecule has 0 unspecified atom stereocenters. The Morgan fingerprint density at radius 3 is 2.20 bits per heavy atom. The van der Waals surface area contributed by atoms with Crippen LogP contribution < -0.4 is 0 Å². The van der Waals surface area contributed by atoms with Gasteiger partial charge in [-0.3, -0.25) is 10.1 Å². The van der Waals surface area contributed by atoms with E-state index in [1.54, 1.807) is 30.3 Å². The highest BCUT2D eigenvalue weighted by atomic mass is 32.2. The van der Waals surface area contributed by atoms with E-state index < -0.39 is 25.5 Å². The van der Waals surface area contributed by atoms with Crippen molar-refractivity contribution >= 4 is 21.4 Å². The lowest BCUT2D eigenvalue weighted by atomic mass is 10.3. The van der Waals surface area contributed by atoms with E-state index in [4.69, 9.17) is 0 Å². The van der Waals surface area contributed by atoms with Crippen molar-refractivity contribution in [2.75, 3.05) is 0 Å². The highest BCUT2D eigenvalue weighted by Gasteiger charge is 2.24. The molecule has 8 heteroatoms. The minimum Gasteiger partial charge on any atom is -0.258 e. The second kappa shape index (κ2) is 5.57. The molecule has 0 heterocycles. The molecule has 2 aromatic rings. The zero-order valence-corrected chi connectivity index (χ0v) is 10.9. The molecule has 0 atom stereocenters. The van der Waals surface area contributed by atoms with Gasteiger partial charge in [0.25, 0.3) is 5.69 Å². The first kappa shape index (κ1) is 13.8. The first-order chi connectivity index (χ1) is 9.50. The van der Waals surface area contributed by atoms with E-state index in [0.29, 0.717) is 5.69 Å². The zero-order valence-electron chi connectivity index (χ0n) is 10.1. The number of para-hydroxylation sites is 1. The van der Waals surface area contributed by atoms with Crippen LogP contribution in [0.25, 0.3) is 0 Å². The minimum atomic E-state index is -4.22. The van der Waals surface area contributed by atoms with E-state index in [1.807, 2.05) is 0 Å². The first-order valence-electron chi connectivity index (χ1n) is 5.47. The van der Waals surface area contributed by atoms with Crippen LogP contribution in [0.15, 0.2) is 69.1 Å². The fourth-order valence-electron chi connectivity index (χ4n) is 1.47. The second-order valence-electron chi connectivity index (χ2n) is 3.72. The number of nitrogens with zero attached hydrogens (tertiary/aromatic N) is 3. The lowest BCUT2D eigenvalue weighted by Gasteiger charge is -1.99. The summed E-state index contributed by atoms with van der Waals surface area (Å²) in [5.74, 6) is 0. The molecule has 0 bridgehead atoms. The molecule has 0 aliphatic heterocycles. The van der Waals surface area contributed by atoms with Gasteiger partial charge in [-0.25, -0.2) is 0 Å². The fraction of sp³-hybridized carbons (Fsp3) is 0. The predicted molar refractivity (Wildman–Crippen MR) is 71.2 cm³/mol. The molecule has 20 heavy (non-hydrogen) atoms. The highest BCUT2D eigenvalue weighted by Crippen LogP contribution is 2.25. The highest BCUT2D eigenvalue weighted by molar-refractivity contribution is 7.90.